The maximum atomic E-state index is 12.4. The molecule has 0 spiro atoms. The third-order valence-electron chi connectivity index (χ3n) is 3.76. The number of amides is 1. The number of rotatable bonds is 1. The van der Waals surface area contributed by atoms with Crippen LogP contribution in [0.2, 0.25) is 0 Å². The lowest BCUT2D eigenvalue weighted by molar-refractivity contribution is 0.00566. The lowest BCUT2D eigenvalue weighted by Crippen LogP contribution is -2.59. The summed E-state index contributed by atoms with van der Waals surface area (Å²) in [6, 6.07) is 8.04. The molecule has 2 N–H and O–H groups in total. The first-order valence-electron chi connectivity index (χ1n) is 7.79. The minimum Gasteiger partial charge on any atom is -0.444 e. The van der Waals surface area contributed by atoms with E-state index in [0.717, 1.165) is 24.5 Å². The number of nitrogens with zero attached hydrogens (tertiary/aromatic N) is 2. The summed E-state index contributed by atoms with van der Waals surface area (Å²) in [5, 5.41) is 0. The van der Waals surface area contributed by atoms with Gasteiger partial charge in [0.1, 0.15) is 5.60 Å². The van der Waals surface area contributed by atoms with E-state index in [1.54, 1.807) is 0 Å². The highest BCUT2D eigenvalue weighted by atomic mass is 16.6. The minimum atomic E-state index is -0.471. The third kappa shape index (κ3) is 3.84. The molecule has 5 nitrogen and oxygen atoms in total. The van der Waals surface area contributed by atoms with Crippen LogP contribution in [0, 0.1) is 0 Å². The summed E-state index contributed by atoms with van der Waals surface area (Å²) in [5.41, 5.74) is 7.25. The highest BCUT2D eigenvalue weighted by Gasteiger charge is 2.35. The predicted octanol–water partition coefficient (Wildman–Crippen LogP) is 3.10. The van der Waals surface area contributed by atoms with E-state index in [1.807, 2.05) is 43.9 Å². The lowest BCUT2D eigenvalue weighted by atomic mass is 10.1. The number of ether oxygens (including phenoxy) is 1. The zero-order valence-corrected chi connectivity index (χ0v) is 14.2. The molecule has 0 aromatic heterocycles. The third-order valence-corrected chi connectivity index (χ3v) is 3.76. The Bertz CT molecular complexity index is 527. The van der Waals surface area contributed by atoms with Gasteiger partial charge in [0.25, 0.3) is 0 Å². The maximum absolute atomic E-state index is 12.4. The molecule has 0 saturated carbocycles. The first kappa shape index (κ1) is 16.5. The van der Waals surface area contributed by atoms with Crippen molar-refractivity contribution in [2.45, 2.75) is 52.3 Å². The van der Waals surface area contributed by atoms with Gasteiger partial charge < -0.3 is 15.4 Å². The smallest absolute Gasteiger partial charge is 0.410 e. The van der Waals surface area contributed by atoms with Gasteiger partial charge in [0.2, 0.25) is 0 Å². The van der Waals surface area contributed by atoms with Crippen molar-refractivity contribution in [3.63, 3.8) is 0 Å². The molecule has 0 bridgehead atoms. The van der Waals surface area contributed by atoms with Crippen LogP contribution in [-0.2, 0) is 4.74 Å². The van der Waals surface area contributed by atoms with E-state index in [0.29, 0.717) is 0 Å². The summed E-state index contributed by atoms with van der Waals surface area (Å²) < 4.78 is 5.53. The Morgan fingerprint density at radius 3 is 2.32 bits per heavy atom. The van der Waals surface area contributed by atoms with Gasteiger partial charge in [0, 0.05) is 24.5 Å². The molecule has 1 saturated heterocycles. The van der Waals surface area contributed by atoms with Crippen molar-refractivity contribution in [1.29, 1.82) is 0 Å². The number of carbonyl (C=O) groups excluding carboxylic acids is 1. The largest absolute Gasteiger partial charge is 0.444 e. The van der Waals surface area contributed by atoms with Crippen LogP contribution in [-0.4, -0.2) is 41.8 Å². The van der Waals surface area contributed by atoms with E-state index in [2.05, 4.69) is 24.8 Å². The van der Waals surface area contributed by atoms with Crippen LogP contribution in [0.5, 0.6) is 0 Å². The Hall–Kier alpha value is -1.91. The molecule has 5 heteroatoms. The fourth-order valence-corrected chi connectivity index (χ4v) is 2.93. The fourth-order valence-electron chi connectivity index (χ4n) is 2.93. The van der Waals surface area contributed by atoms with Gasteiger partial charge in [0.15, 0.2) is 0 Å². The molecule has 1 amide bonds. The van der Waals surface area contributed by atoms with Crippen LogP contribution in [0.4, 0.5) is 16.2 Å². The molecule has 1 aromatic rings. The van der Waals surface area contributed by atoms with Gasteiger partial charge in [-0.3, -0.25) is 4.90 Å². The molecule has 122 valence electrons. The summed E-state index contributed by atoms with van der Waals surface area (Å²) in [5.74, 6) is 0. The van der Waals surface area contributed by atoms with Crippen LogP contribution in [0.25, 0.3) is 0 Å². The van der Waals surface area contributed by atoms with Crippen molar-refractivity contribution >= 4 is 17.5 Å². The summed E-state index contributed by atoms with van der Waals surface area (Å²) in [7, 11) is 0. The Balaban J connectivity index is 2.10. The summed E-state index contributed by atoms with van der Waals surface area (Å²) >= 11 is 0. The van der Waals surface area contributed by atoms with Crippen molar-refractivity contribution in [3.05, 3.63) is 24.3 Å². The molecule has 2 unspecified atom stereocenters. The first-order chi connectivity index (χ1) is 10.2. The Labute approximate surface area is 133 Å². The molecule has 22 heavy (non-hydrogen) atoms. The second-order valence-electron chi connectivity index (χ2n) is 7.09. The van der Waals surface area contributed by atoms with Crippen LogP contribution >= 0.6 is 0 Å². The fraction of sp³-hybridized carbons (Fsp3) is 0.588. The number of hydrogen-bond donors (Lipinski definition) is 1. The van der Waals surface area contributed by atoms with Gasteiger partial charge in [0.05, 0.1) is 12.1 Å². The molecular weight excluding hydrogens is 278 g/mol. The van der Waals surface area contributed by atoms with E-state index in [-0.39, 0.29) is 18.2 Å². The Kier molecular flexibility index (Phi) is 4.54. The molecular formula is C17H27N3O2. The van der Waals surface area contributed by atoms with E-state index < -0.39 is 5.60 Å². The average molecular weight is 305 g/mol. The zero-order chi connectivity index (χ0) is 16.5. The van der Waals surface area contributed by atoms with E-state index in [9.17, 15) is 4.79 Å². The lowest BCUT2D eigenvalue weighted by Gasteiger charge is -2.45. The summed E-state index contributed by atoms with van der Waals surface area (Å²) in [6.07, 6.45) is -0.236. The van der Waals surface area contributed by atoms with Gasteiger partial charge in [-0.2, -0.15) is 0 Å². The Morgan fingerprint density at radius 1 is 1.23 bits per heavy atom. The second kappa shape index (κ2) is 6.07. The molecule has 1 aliphatic heterocycles. The molecule has 1 aromatic carbocycles. The number of anilines is 2. The number of piperazine rings is 1. The molecule has 2 rings (SSSR count). The maximum Gasteiger partial charge on any atom is 0.410 e. The van der Waals surface area contributed by atoms with Gasteiger partial charge in [-0.05, 0) is 52.8 Å². The van der Waals surface area contributed by atoms with Crippen LogP contribution < -0.4 is 10.6 Å². The quantitative estimate of drug-likeness (QED) is 0.810. The standard InChI is InChI=1S/C17H27N3O2/c1-12-10-19(15-8-6-7-14(18)9-15)11-13(2)20(12)16(21)22-17(3,4)5/h6-9,12-13H,10-11,18H2,1-5H3. The van der Waals surface area contributed by atoms with E-state index in [1.165, 1.54) is 0 Å². The van der Waals surface area contributed by atoms with E-state index in [4.69, 9.17) is 10.5 Å². The van der Waals surface area contributed by atoms with Crippen molar-refractivity contribution < 1.29 is 9.53 Å². The number of nitrogens with two attached hydrogens (primary N) is 1. The number of carbonyl (C=O) groups is 1. The molecule has 0 aliphatic carbocycles. The molecule has 1 aliphatic rings. The van der Waals surface area contributed by atoms with Crippen LogP contribution in [0.1, 0.15) is 34.6 Å². The van der Waals surface area contributed by atoms with Crippen molar-refractivity contribution in [2.75, 3.05) is 23.7 Å². The van der Waals surface area contributed by atoms with Crippen molar-refractivity contribution in [3.8, 4) is 0 Å². The van der Waals surface area contributed by atoms with Crippen LogP contribution in [0.3, 0.4) is 0 Å². The monoisotopic (exact) mass is 305 g/mol. The Morgan fingerprint density at radius 2 is 1.82 bits per heavy atom. The molecule has 2 atom stereocenters. The van der Waals surface area contributed by atoms with Gasteiger partial charge in [-0.25, -0.2) is 4.79 Å². The highest BCUT2D eigenvalue weighted by molar-refractivity contribution is 5.70. The predicted molar refractivity (Wildman–Crippen MR) is 90.1 cm³/mol. The normalized spacial score (nSPS) is 22.6. The topological polar surface area (TPSA) is 58.8 Å². The van der Waals surface area contributed by atoms with Gasteiger partial charge >= 0.3 is 6.09 Å². The summed E-state index contributed by atoms with van der Waals surface area (Å²) in [6.45, 7) is 11.3. The van der Waals surface area contributed by atoms with E-state index >= 15 is 0 Å². The second-order valence-corrected chi connectivity index (χ2v) is 7.09. The number of nitrogen functional groups attached to an aromatic ring is 1. The molecule has 1 heterocycles. The first-order valence-corrected chi connectivity index (χ1v) is 7.79. The average Bonchev–Trinajstić information content (AvgIpc) is 2.35. The minimum absolute atomic E-state index is 0.0834. The van der Waals surface area contributed by atoms with Crippen molar-refractivity contribution in [1.82, 2.24) is 4.90 Å². The van der Waals surface area contributed by atoms with Gasteiger partial charge in [-0.1, -0.05) is 6.07 Å². The molecule has 1 fully saturated rings. The summed E-state index contributed by atoms with van der Waals surface area (Å²) in [4.78, 5) is 16.5. The number of hydrogen-bond acceptors (Lipinski definition) is 4. The molecule has 0 radical (unpaired) electrons. The highest BCUT2D eigenvalue weighted by Crippen LogP contribution is 2.25. The van der Waals surface area contributed by atoms with Crippen molar-refractivity contribution in [2.24, 2.45) is 0 Å². The number of benzene rings is 1. The van der Waals surface area contributed by atoms with Gasteiger partial charge in [-0.15, -0.1) is 0 Å². The zero-order valence-electron chi connectivity index (χ0n) is 14.2. The van der Waals surface area contributed by atoms with Crippen LogP contribution in [0.15, 0.2) is 24.3 Å². The SMILES string of the molecule is CC1CN(c2cccc(N)c2)CC(C)N1C(=O)OC(C)(C)C.